The standard InChI is InChI=1S/C81H158O17P2/c1-7-9-11-13-15-17-18-19-20-21-22-30-35-41-47-53-59-65-80(85)97-76(69-91-78(83)63-57-51-45-37-16-14-12-10-8-2)71-95-99(87,88)93-67-75(82)68-94-100(89,90)96-72-77(98-81(86)66-60-54-48-42-36-31-26-24-28-33-39-44-50-56-62-74(5)6)70-92-79(84)64-58-52-46-40-34-29-25-23-27-32-38-43-49-55-61-73(3)4/h73-77,82H,7-72H2,1-6H3,(H,87,88)(H,89,90)/t75-,76+,77+/m0/s1. The summed E-state index contributed by atoms with van der Waals surface area (Å²) in [6.45, 7) is 9.67. The van der Waals surface area contributed by atoms with Crippen LogP contribution in [0.1, 0.15) is 427 Å². The first-order valence-corrected chi connectivity index (χ1v) is 45.0. The van der Waals surface area contributed by atoms with Crippen molar-refractivity contribution in [1.82, 2.24) is 0 Å². The van der Waals surface area contributed by atoms with Gasteiger partial charge in [0.25, 0.3) is 0 Å². The van der Waals surface area contributed by atoms with Crippen molar-refractivity contribution in [3.63, 3.8) is 0 Å². The highest BCUT2D eigenvalue weighted by molar-refractivity contribution is 7.47. The van der Waals surface area contributed by atoms with Crippen LogP contribution in [0.5, 0.6) is 0 Å². The highest BCUT2D eigenvalue weighted by atomic mass is 31.2. The lowest BCUT2D eigenvalue weighted by Crippen LogP contribution is -2.30. The lowest BCUT2D eigenvalue weighted by atomic mass is 10.0. The molecule has 594 valence electrons. The zero-order valence-electron chi connectivity index (χ0n) is 65.5. The summed E-state index contributed by atoms with van der Waals surface area (Å²) in [6, 6.07) is 0. The van der Waals surface area contributed by atoms with E-state index in [4.69, 9.17) is 37.0 Å². The van der Waals surface area contributed by atoms with E-state index in [9.17, 15) is 43.2 Å². The molecule has 0 aliphatic heterocycles. The quantitative estimate of drug-likeness (QED) is 0.0222. The molecule has 0 aromatic heterocycles. The highest BCUT2D eigenvalue weighted by Gasteiger charge is 2.30. The van der Waals surface area contributed by atoms with Gasteiger partial charge in [0.05, 0.1) is 26.4 Å². The topological polar surface area (TPSA) is 237 Å². The largest absolute Gasteiger partial charge is 0.472 e. The van der Waals surface area contributed by atoms with Crippen LogP contribution >= 0.6 is 15.6 Å². The second-order valence-corrected chi connectivity index (χ2v) is 33.0. The lowest BCUT2D eigenvalue weighted by molar-refractivity contribution is -0.161. The predicted octanol–water partition coefficient (Wildman–Crippen LogP) is 24.3. The minimum absolute atomic E-state index is 0.108. The van der Waals surface area contributed by atoms with E-state index in [0.29, 0.717) is 25.7 Å². The molecule has 17 nitrogen and oxygen atoms in total. The van der Waals surface area contributed by atoms with Crippen LogP contribution in [0.2, 0.25) is 0 Å². The van der Waals surface area contributed by atoms with Gasteiger partial charge in [-0.05, 0) is 37.5 Å². The van der Waals surface area contributed by atoms with Crippen LogP contribution in [0.15, 0.2) is 0 Å². The Bertz CT molecular complexity index is 1920. The summed E-state index contributed by atoms with van der Waals surface area (Å²) in [6.07, 6.45) is 62.4. The van der Waals surface area contributed by atoms with Gasteiger partial charge in [0.1, 0.15) is 19.3 Å². The number of hydrogen-bond donors (Lipinski definition) is 3. The van der Waals surface area contributed by atoms with E-state index in [-0.39, 0.29) is 25.7 Å². The maximum atomic E-state index is 13.1. The van der Waals surface area contributed by atoms with E-state index >= 15 is 0 Å². The van der Waals surface area contributed by atoms with Crippen molar-refractivity contribution in [3.05, 3.63) is 0 Å². The van der Waals surface area contributed by atoms with Crippen LogP contribution in [0.25, 0.3) is 0 Å². The van der Waals surface area contributed by atoms with E-state index in [1.165, 1.54) is 244 Å². The molecule has 2 unspecified atom stereocenters. The molecule has 0 heterocycles. The van der Waals surface area contributed by atoms with Crippen molar-refractivity contribution < 1.29 is 80.2 Å². The van der Waals surface area contributed by atoms with Crippen molar-refractivity contribution in [3.8, 4) is 0 Å². The Morgan fingerprint density at radius 1 is 0.270 bits per heavy atom. The molecule has 0 saturated carbocycles. The first-order chi connectivity index (χ1) is 48.4. The number of hydrogen-bond acceptors (Lipinski definition) is 15. The molecule has 0 fully saturated rings. The molecule has 5 atom stereocenters. The molecule has 0 radical (unpaired) electrons. The Hall–Kier alpha value is -1.94. The number of phosphoric acid groups is 2. The number of aliphatic hydroxyl groups excluding tert-OH is 1. The molecular formula is C81H158O17P2. The molecule has 0 amide bonds. The Morgan fingerprint density at radius 2 is 0.460 bits per heavy atom. The number of carbonyl (C=O) groups excluding carboxylic acids is 4. The SMILES string of the molecule is CCCCCCCCCCCCCCCCCCCC(=O)O[C@H](COC(=O)CCCCCCCCCCC)COP(=O)(O)OC[C@H](O)COP(=O)(O)OC[C@@H](COC(=O)CCCCCCCCCCCCCCCCC(C)C)OC(=O)CCCCCCCCCCCCCCCCC(C)C. The molecule has 0 rings (SSSR count). The van der Waals surface area contributed by atoms with Gasteiger partial charge in [-0.15, -0.1) is 0 Å². The number of carbonyl (C=O) groups is 4. The van der Waals surface area contributed by atoms with Crippen molar-refractivity contribution in [2.24, 2.45) is 11.8 Å². The average molecular weight is 1470 g/mol. The van der Waals surface area contributed by atoms with E-state index < -0.39 is 97.5 Å². The minimum atomic E-state index is -4.96. The molecule has 19 heteroatoms. The van der Waals surface area contributed by atoms with Gasteiger partial charge >= 0.3 is 39.5 Å². The minimum Gasteiger partial charge on any atom is -0.462 e. The van der Waals surface area contributed by atoms with Crippen LogP contribution < -0.4 is 0 Å². The maximum Gasteiger partial charge on any atom is 0.472 e. The summed E-state index contributed by atoms with van der Waals surface area (Å²) in [7, 11) is -9.92. The number of ether oxygens (including phenoxy) is 4. The Labute approximate surface area is 613 Å². The van der Waals surface area contributed by atoms with Gasteiger partial charge in [-0.1, -0.05) is 375 Å². The summed E-state index contributed by atoms with van der Waals surface area (Å²) in [5, 5.41) is 10.6. The zero-order chi connectivity index (χ0) is 73.5. The third-order valence-electron chi connectivity index (χ3n) is 19.0. The normalized spacial score (nSPS) is 13.9. The molecule has 0 aliphatic rings. The zero-order valence-corrected chi connectivity index (χ0v) is 67.3. The summed E-state index contributed by atoms with van der Waals surface area (Å²) < 4.78 is 68.7. The molecule has 0 aromatic carbocycles. The third kappa shape index (κ3) is 74.3. The number of aliphatic hydroxyl groups is 1. The smallest absolute Gasteiger partial charge is 0.462 e. The molecule has 3 N–H and O–H groups in total. The van der Waals surface area contributed by atoms with Crippen LogP contribution in [0.3, 0.4) is 0 Å². The van der Waals surface area contributed by atoms with E-state index in [2.05, 4.69) is 41.5 Å². The first kappa shape index (κ1) is 98.1. The van der Waals surface area contributed by atoms with Gasteiger partial charge < -0.3 is 33.8 Å². The Kier molecular flexibility index (Phi) is 71.2. The molecule has 0 aliphatic carbocycles. The Morgan fingerprint density at radius 3 is 0.680 bits per heavy atom. The fourth-order valence-electron chi connectivity index (χ4n) is 12.5. The summed E-state index contributed by atoms with van der Waals surface area (Å²) in [5.41, 5.74) is 0. The monoisotopic (exact) mass is 1470 g/mol. The summed E-state index contributed by atoms with van der Waals surface area (Å²) >= 11 is 0. The lowest BCUT2D eigenvalue weighted by Gasteiger charge is -2.21. The van der Waals surface area contributed by atoms with E-state index in [1.807, 2.05) is 0 Å². The molecule has 0 saturated heterocycles. The van der Waals surface area contributed by atoms with Crippen molar-refractivity contribution in [2.75, 3.05) is 39.6 Å². The van der Waals surface area contributed by atoms with Gasteiger partial charge in [0.2, 0.25) is 0 Å². The molecule has 100 heavy (non-hydrogen) atoms. The second-order valence-electron chi connectivity index (χ2n) is 30.1. The number of unbranched alkanes of at least 4 members (excludes halogenated alkanes) is 50. The Balaban J connectivity index is 5.22. The van der Waals surface area contributed by atoms with Crippen molar-refractivity contribution in [1.29, 1.82) is 0 Å². The number of esters is 4. The highest BCUT2D eigenvalue weighted by Crippen LogP contribution is 2.45. The van der Waals surface area contributed by atoms with Gasteiger partial charge in [0.15, 0.2) is 12.2 Å². The van der Waals surface area contributed by atoms with Gasteiger partial charge in [-0.3, -0.25) is 37.3 Å². The van der Waals surface area contributed by atoms with Crippen LogP contribution in [-0.2, 0) is 65.4 Å². The third-order valence-corrected chi connectivity index (χ3v) is 20.9. The average Bonchev–Trinajstić information content (AvgIpc) is 1.01. The summed E-state index contributed by atoms with van der Waals surface area (Å²) in [4.78, 5) is 73.0. The van der Waals surface area contributed by atoms with E-state index in [0.717, 1.165) is 102 Å². The van der Waals surface area contributed by atoms with Crippen LogP contribution in [0.4, 0.5) is 0 Å². The first-order valence-electron chi connectivity index (χ1n) is 42.0. The second kappa shape index (κ2) is 72.6. The van der Waals surface area contributed by atoms with Crippen molar-refractivity contribution >= 4 is 39.5 Å². The fraction of sp³-hybridized carbons (Fsp3) is 0.951. The van der Waals surface area contributed by atoms with Gasteiger partial charge in [-0.25, -0.2) is 9.13 Å². The van der Waals surface area contributed by atoms with Crippen LogP contribution in [-0.4, -0.2) is 96.7 Å². The fourth-order valence-corrected chi connectivity index (χ4v) is 14.1. The maximum absolute atomic E-state index is 13.1. The number of rotatable bonds is 80. The molecule has 0 spiro atoms. The van der Waals surface area contributed by atoms with Crippen molar-refractivity contribution in [2.45, 2.75) is 445 Å². The summed E-state index contributed by atoms with van der Waals surface area (Å²) in [5.74, 6) is -0.514. The molecule has 0 bridgehead atoms. The van der Waals surface area contributed by atoms with Gasteiger partial charge in [-0.2, -0.15) is 0 Å². The predicted molar refractivity (Wildman–Crippen MR) is 409 cm³/mol. The van der Waals surface area contributed by atoms with Crippen LogP contribution in [0, 0.1) is 11.8 Å². The van der Waals surface area contributed by atoms with E-state index in [1.54, 1.807) is 0 Å². The van der Waals surface area contributed by atoms with Gasteiger partial charge in [0, 0.05) is 25.7 Å². The molecular weight excluding hydrogens is 1310 g/mol. The molecule has 0 aromatic rings. The number of phosphoric ester groups is 2.